The van der Waals surface area contributed by atoms with Gasteiger partial charge in [0.25, 0.3) is 0 Å². The van der Waals surface area contributed by atoms with E-state index in [-0.39, 0.29) is 11.7 Å². The van der Waals surface area contributed by atoms with E-state index >= 15 is 0 Å². The number of furan rings is 1. The SMILES string of the molecule is O=C(CSc1nnc(-c2ccc(O)cc2)n1Cc1ccco1)N1CCC(Cc2ccccc2)CC1. The van der Waals surface area contributed by atoms with Crippen LogP contribution in [-0.2, 0) is 17.8 Å². The summed E-state index contributed by atoms with van der Waals surface area (Å²) >= 11 is 1.40. The molecule has 5 rings (SSSR count). The second-order valence-corrected chi connectivity index (χ2v) is 9.76. The summed E-state index contributed by atoms with van der Waals surface area (Å²) in [6, 6.07) is 21.2. The Labute approximate surface area is 208 Å². The van der Waals surface area contributed by atoms with Gasteiger partial charge in [-0.05, 0) is 67.1 Å². The van der Waals surface area contributed by atoms with E-state index in [1.54, 1.807) is 30.5 Å². The molecule has 8 heteroatoms. The Kier molecular flexibility index (Phi) is 7.18. The maximum atomic E-state index is 13.0. The zero-order valence-corrected chi connectivity index (χ0v) is 20.2. The fourth-order valence-electron chi connectivity index (χ4n) is 4.47. The normalized spacial score (nSPS) is 14.3. The van der Waals surface area contributed by atoms with Crippen molar-refractivity contribution in [2.24, 2.45) is 5.92 Å². The molecule has 4 aromatic rings. The lowest BCUT2D eigenvalue weighted by molar-refractivity contribution is -0.129. The number of thioether (sulfide) groups is 1. The summed E-state index contributed by atoms with van der Waals surface area (Å²) < 4.78 is 7.50. The molecule has 1 aliphatic heterocycles. The average Bonchev–Trinajstić information content (AvgIpc) is 3.55. The van der Waals surface area contributed by atoms with Crippen LogP contribution >= 0.6 is 11.8 Å². The topological polar surface area (TPSA) is 84.4 Å². The van der Waals surface area contributed by atoms with E-state index in [4.69, 9.17) is 4.42 Å². The van der Waals surface area contributed by atoms with Gasteiger partial charge in [-0.15, -0.1) is 10.2 Å². The van der Waals surface area contributed by atoms with Crippen LogP contribution in [-0.4, -0.2) is 49.5 Å². The highest BCUT2D eigenvalue weighted by Crippen LogP contribution is 2.28. The van der Waals surface area contributed by atoms with Crippen LogP contribution in [0.3, 0.4) is 0 Å². The van der Waals surface area contributed by atoms with Crippen LogP contribution in [0.25, 0.3) is 11.4 Å². The summed E-state index contributed by atoms with van der Waals surface area (Å²) in [6.45, 7) is 2.06. The highest BCUT2D eigenvalue weighted by Gasteiger charge is 2.24. The van der Waals surface area contributed by atoms with Gasteiger partial charge in [0.1, 0.15) is 11.5 Å². The fourth-order valence-corrected chi connectivity index (χ4v) is 5.31. The van der Waals surface area contributed by atoms with Crippen molar-refractivity contribution in [1.29, 1.82) is 0 Å². The fraction of sp³-hybridized carbons (Fsp3) is 0.296. The quantitative estimate of drug-likeness (QED) is 0.357. The molecule has 0 unspecified atom stereocenters. The monoisotopic (exact) mass is 488 g/mol. The summed E-state index contributed by atoms with van der Waals surface area (Å²) in [6.07, 6.45) is 4.78. The molecule has 1 aliphatic rings. The molecule has 0 radical (unpaired) electrons. The molecular weight excluding hydrogens is 460 g/mol. The molecule has 0 saturated carbocycles. The molecule has 35 heavy (non-hydrogen) atoms. The summed E-state index contributed by atoms with van der Waals surface area (Å²) in [5, 5.41) is 19.1. The van der Waals surface area contributed by atoms with E-state index in [2.05, 4.69) is 34.5 Å². The molecule has 1 amide bonds. The van der Waals surface area contributed by atoms with Crippen molar-refractivity contribution < 1.29 is 14.3 Å². The van der Waals surface area contributed by atoms with Crippen LogP contribution in [0.4, 0.5) is 0 Å². The molecule has 0 bridgehead atoms. The number of aromatic hydroxyl groups is 1. The van der Waals surface area contributed by atoms with Crippen molar-refractivity contribution >= 4 is 17.7 Å². The number of phenolic OH excluding ortho intramolecular Hbond substituents is 1. The first-order valence-corrected chi connectivity index (χ1v) is 12.8. The number of rotatable bonds is 8. The van der Waals surface area contributed by atoms with Crippen LogP contribution in [0.2, 0.25) is 0 Å². The van der Waals surface area contributed by atoms with Gasteiger partial charge in [0, 0.05) is 18.7 Å². The van der Waals surface area contributed by atoms with Crippen molar-refractivity contribution in [3.8, 4) is 17.1 Å². The van der Waals surface area contributed by atoms with Crippen LogP contribution in [0, 0.1) is 5.92 Å². The van der Waals surface area contributed by atoms with Crippen molar-refractivity contribution in [1.82, 2.24) is 19.7 Å². The van der Waals surface area contributed by atoms with Crippen molar-refractivity contribution in [2.75, 3.05) is 18.8 Å². The molecule has 1 saturated heterocycles. The van der Waals surface area contributed by atoms with Gasteiger partial charge in [0.15, 0.2) is 11.0 Å². The van der Waals surface area contributed by atoms with E-state index in [1.807, 2.05) is 27.7 Å². The Morgan fingerprint density at radius 3 is 2.49 bits per heavy atom. The summed E-state index contributed by atoms with van der Waals surface area (Å²) in [5.41, 5.74) is 2.20. The third-order valence-corrected chi connectivity index (χ3v) is 7.35. The molecule has 7 nitrogen and oxygen atoms in total. The van der Waals surface area contributed by atoms with Gasteiger partial charge >= 0.3 is 0 Å². The second kappa shape index (κ2) is 10.8. The highest BCUT2D eigenvalue weighted by molar-refractivity contribution is 7.99. The smallest absolute Gasteiger partial charge is 0.233 e. The number of aromatic nitrogens is 3. The predicted octanol–water partition coefficient (Wildman–Crippen LogP) is 4.87. The van der Waals surface area contributed by atoms with E-state index in [0.717, 1.165) is 43.7 Å². The number of carbonyl (C=O) groups is 1. The minimum absolute atomic E-state index is 0.131. The van der Waals surface area contributed by atoms with Gasteiger partial charge in [0.2, 0.25) is 5.91 Å². The van der Waals surface area contributed by atoms with Crippen LogP contribution in [0.5, 0.6) is 5.75 Å². The van der Waals surface area contributed by atoms with Crippen LogP contribution < -0.4 is 0 Å². The maximum Gasteiger partial charge on any atom is 0.233 e. The molecule has 2 aromatic heterocycles. The zero-order chi connectivity index (χ0) is 24.0. The highest BCUT2D eigenvalue weighted by atomic mass is 32.2. The van der Waals surface area contributed by atoms with Gasteiger partial charge in [-0.3, -0.25) is 9.36 Å². The third kappa shape index (κ3) is 5.77. The van der Waals surface area contributed by atoms with Crippen LogP contribution in [0.15, 0.2) is 82.6 Å². The number of nitrogens with zero attached hydrogens (tertiary/aromatic N) is 4. The third-order valence-electron chi connectivity index (χ3n) is 6.40. The lowest BCUT2D eigenvalue weighted by Gasteiger charge is -2.32. The Bertz CT molecular complexity index is 1230. The number of carbonyl (C=O) groups excluding carboxylic acids is 1. The maximum absolute atomic E-state index is 13.0. The van der Waals surface area contributed by atoms with E-state index < -0.39 is 0 Å². The molecule has 1 fully saturated rings. The van der Waals surface area contributed by atoms with Gasteiger partial charge < -0.3 is 14.4 Å². The second-order valence-electron chi connectivity index (χ2n) is 8.82. The number of phenols is 1. The summed E-state index contributed by atoms with van der Waals surface area (Å²) in [7, 11) is 0. The van der Waals surface area contributed by atoms with Gasteiger partial charge in [-0.2, -0.15) is 0 Å². The molecule has 2 aromatic carbocycles. The van der Waals surface area contributed by atoms with Gasteiger partial charge in [0.05, 0.1) is 18.6 Å². The first-order valence-electron chi connectivity index (χ1n) is 11.8. The molecule has 0 spiro atoms. The minimum atomic E-state index is 0.131. The number of benzene rings is 2. The van der Waals surface area contributed by atoms with Gasteiger partial charge in [-0.1, -0.05) is 42.1 Å². The Morgan fingerprint density at radius 2 is 1.77 bits per heavy atom. The number of amides is 1. The van der Waals surface area contributed by atoms with Crippen molar-refractivity contribution in [3.63, 3.8) is 0 Å². The zero-order valence-electron chi connectivity index (χ0n) is 19.4. The average molecular weight is 489 g/mol. The molecule has 0 atom stereocenters. The van der Waals surface area contributed by atoms with Crippen molar-refractivity contribution in [2.45, 2.75) is 31.0 Å². The minimum Gasteiger partial charge on any atom is -0.508 e. The van der Waals surface area contributed by atoms with E-state index in [9.17, 15) is 9.90 Å². The predicted molar refractivity (Wildman–Crippen MR) is 135 cm³/mol. The van der Waals surface area contributed by atoms with E-state index in [0.29, 0.717) is 29.2 Å². The molecule has 1 N–H and O–H groups in total. The first-order chi connectivity index (χ1) is 17.2. The number of piperidine rings is 1. The lowest BCUT2D eigenvalue weighted by Crippen LogP contribution is -2.39. The lowest BCUT2D eigenvalue weighted by atomic mass is 9.90. The Balaban J connectivity index is 1.22. The molecular formula is C27H28N4O3S. The molecule has 180 valence electrons. The number of hydrogen-bond donors (Lipinski definition) is 1. The molecule has 3 heterocycles. The number of hydrogen-bond acceptors (Lipinski definition) is 6. The molecule has 0 aliphatic carbocycles. The van der Waals surface area contributed by atoms with Crippen LogP contribution in [0.1, 0.15) is 24.2 Å². The number of likely N-dealkylation sites (tertiary alicyclic amines) is 1. The van der Waals surface area contributed by atoms with Gasteiger partial charge in [-0.25, -0.2) is 0 Å². The Hall–Kier alpha value is -3.52. The Morgan fingerprint density at radius 1 is 1.00 bits per heavy atom. The van der Waals surface area contributed by atoms with Crippen molar-refractivity contribution in [3.05, 3.63) is 84.3 Å². The summed E-state index contributed by atoms with van der Waals surface area (Å²) in [4.78, 5) is 15.0. The largest absolute Gasteiger partial charge is 0.508 e. The standard InChI is InChI=1S/C27H28N4O3S/c32-23-10-8-22(9-11-23)26-28-29-27(31(26)18-24-7-4-16-34-24)35-19-25(33)30-14-12-21(13-15-30)17-20-5-2-1-3-6-20/h1-11,16,21,32H,12-15,17-19H2. The first kappa shape index (κ1) is 23.2. The summed E-state index contributed by atoms with van der Waals surface area (Å²) in [5.74, 6) is 2.70. The van der Waals surface area contributed by atoms with E-state index in [1.165, 1.54) is 17.3 Å².